The molecule has 120 heavy (non-hydrogen) atoms. The van der Waals surface area contributed by atoms with Crippen molar-refractivity contribution in [2.45, 2.75) is 0 Å². The molecular weight excluding hydrogens is 1460 g/mol. The van der Waals surface area contributed by atoms with Crippen molar-refractivity contribution in [3.05, 3.63) is 400 Å². The molecule has 0 aliphatic heterocycles. The Morgan fingerprint density at radius 2 is 0.358 bits per heavy atom. The van der Waals surface area contributed by atoms with Crippen LogP contribution in [-0.4, -0.2) is 41.1 Å². The standard InChI is InChI=1S/3C37H25N3/c1-38-30-15-6-5-14-28(30)37-35(38)19-10-20-36(37)40-33-18-9-4-13-27(33)29-23-24(21-22-34(29)40)39-31-16-7-2-11-25(31)26-12-3-8-17-32(26)39;1-38-36-23-24(39-31-16-6-2-11-25(31)26-12-3-7-17-32(26)39)21-22-29(36)30-15-10-20-35(37(30)38)40-33-18-8-4-13-27(33)28-14-5-9-19-34(28)40;1-38-34-19-10-20-35(40-32-17-8-4-13-27(32)28-14-5-9-18-33(28)40)37(34)29-22-21-24(23-36(29)38)39-30-15-6-2-11-25(30)26-12-3-7-16-31(26)39/h3*2-23H,1H3. The van der Waals surface area contributed by atoms with Crippen molar-refractivity contribution in [3.63, 3.8) is 0 Å². The molecule has 0 bridgehead atoms. The average molecular weight is 1530 g/mol. The van der Waals surface area contributed by atoms with Gasteiger partial charge in [-0.1, -0.05) is 255 Å². The van der Waals surface area contributed by atoms with Crippen LogP contribution in [0.4, 0.5) is 0 Å². The molecule has 0 saturated carbocycles. The van der Waals surface area contributed by atoms with E-state index in [0.29, 0.717) is 0 Å². The summed E-state index contributed by atoms with van der Waals surface area (Å²) in [6, 6.07) is 146. The molecule has 0 amide bonds. The maximum Gasteiger partial charge on any atom is 0.0733 e. The van der Waals surface area contributed by atoms with Crippen LogP contribution in [0.5, 0.6) is 0 Å². The molecule has 9 nitrogen and oxygen atoms in total. The van der Waals surface area contributed by atoms with Gasteiger partial charge in [-0.3, -0.25) is 0 Å². The van der Waals surface area contributed by atoms with Gasteiger partial charge in [-0.05, 0) is 146 Å². The van der Waals surface area contributed by atoms with E-state index in [2.05, 4.69) is 463 Å². The van der Waals surface area contributed by atoms with Gasteiger partial charge in [0.15, 0.2) is 0 Å². The summed E-state index contributed by atoms with van der Waals surface area (Å²) in [6.07, 6.45) is 0. The number of nitrogens with zero attached hydrogens (tertiary/aromatic N) is 9. The molecule has 9 heteroatoms. The summed E-state index contributed by atoms with van der Waals surface area (Å²) in [7, 11) is 6.56. The molecule has 27 aromatic rings. The molecule has 0 radical (unpaired) electrons. The monoisotopic (exact) mass is 1530 g/mol. The van der Waals surface area contributed by atoms with Crippen molar-refractivity contribution in [1.82, 2.24) is 41.1 Å². The molecule has 9 heterocycles. The van der Waals surface area contributed by atoms with Gasteiger partial charge >= 0.3 is 0 Å². The zero-order valence-corrected chi connectivity index (χ0v) is 66.1. The van der Waals surface area contributed by atoms with E-state index in [0.717, 1.165) is 0 Å². The zero-order valence-electron chi connectivity index (χ0n) is 66.1. The Morgan fingerprint density at radius 3 is 0.733 bits per heavy atom. The number of fused-ring (bicyclic) bond motifs is 27. The van der Waals surface area contributed by atoms with Gasteiger partial charge in [0.25, 0.3) is 0 Å². The largest absolute Gasteiger partial charge is 0.344 e. The van der Waals surface area contributed by atoms with E-state index in [4.69, 9.17) is 0 Å². The van der Waals surface area contributed by atoms with Crippen molar-refractivity contribution in [1.29, 1.82) is 0 Å². The zero-order chi connectivity index (χ0) is 79.1. The normalized spacial score (nSPS) is 12.1. The van der Waals surface area contributed by atoms with E-state index in [-0.39, 0.29) is 0 Å². The van der Waals surface area contributed by atoms with Crippen LogP contribution in [0, 0.1) is 0 Å². The fraction of sp³-hybridized carbons (Fsp3) is 0.0270. The predicted octanol–water partition coefficient (Wildman–Crippen LogP) is 28.6. The van der Waals surface area contributed by atoms with Gasteiger partial charge < -0.3 is 41.1 Å². The lowest BCUT2D eigenvalue weighted by Gasteiger charge is -2.12. The molecule has 9 aromatic heterocycles. The van der Waals surface area contributed by atoms with Gasteiger partial charge in [-0.25, -0.2) is 0 Å². The highest BCUT2D eigenvalue weighted by Crippen LogP contribution is 2.46. The van der Waals surface area contributed by atoms with Gasteiger partial charge in [0.2, 0.25) is 0 Å². The van der Waals surface area contributed by atoms with Crippen LogP contribution in [0.2, 0.25) is 0 Å². The number of hydrogen-bond donors (Lipinski definition) is 0. The molecular formula is C111H75N9. The van der Waals surface area contributed by atoms with E-state index < -0.39 is 0 Å². The van der Waals surface area contributed by atoms with Crippen molar-refractivity contribution >= 4 is 196 Å². The Hall–Kier alpha value is -15.8. The van der Waals surface area contributed by atoms with E-state index in [9.17, 15) is 0 Å². The van der Waals surface area contributed by atoms with Gasteiger partial charge in [0.05, 0.1) is 111 Å². The summed E-state index contributed by atoms with van der Waals surface area (Å²) in [6.45, 7) is 0. The fourth-order valence-corrected chi connectivity index (χ4v) is 20.8. The van der Waals surface area contributed by atoms with Gasteiger partial charge in [-0.15, -0.1) is 0 Å². The molecule has 0 N–H and O–H groups in total. The van der Waals surface area contributed by atoms with Crippen LogP contribution in [0.1, 0.15) is 0 Å². The lowest BCUT2D eigenvalue weighted by Crippen LogP contribution is -1.98. The molecule has 0 unspecified atom stereocenters. The first kappa shape index (κ1) is 67.5. The Bertz CT molecular complexity index is 8610. The molecule has 0 fully saturated rings. The van der Waals surface area contributed by atoms with Crippen LogP contribution in [0.25, 0.3) is 230 Å². The lowest BCUT2D eigenvalue weighted by atomic mass is 10.1. The Morgan fingerprint density at radius 1 is 0.133 bits per heavy atom. The van der Waals surface area contributed by atoms with Crippen LogP contribution in [0.3, 0.4) is 0 Å². The van der Waals surface area contributed by atoms with Crippen LogP contribution in [0.15, 0.2) is 400 Å². The maximum absolute atomic E-state index is 2.45. The maximum atomic E-state index is 2.45. The number of rotatable bonds is 6. The second kappa shape index (κ2) is 26.1. The predicted molar refractivity (Wildman–Crippen MR) is 507 cm³/mol. The van der Waals surface area contributed by atoms with E-state index in [1.54, 1.807) is 0 Å². The number of aryl methyl sites for hydroxylation is 3. The lowest BCUT2D eigenvalue weighted by molar-refractivity contribution is 1.00. The van der Waals surface area contributed by atoms with Crippen molar-refractivity contribution < 1.29 is 0 Å². The smallest absolute Gasteiger partial charge is 0.0733 e. The van der Waals surface area contributed by atoms with E-state index in [1.165, 1.54) is 230 Å². The highest BCUT2D eigenvalue weighted by atomic mass is 15.1. The first-order valence-electron chi connectivity index (χ1n) is 41.3. The first-order chi connectivity index (χ1) is 59.4. The third-order valence-corrected chi connectivity index (χ3v) is 25.9. The number of para-hydroxylation sites is 13. The summed E-state index contributed by atoms with van der Waals surface area (Å²) >= 11 is 0. The number of benzene rings is 18. The summed E-state index contributed by atoms with van der Waals surface area (Å²) in [5.41, 5.74) is 29.3. The molecule has 0 atom stereocenters. The molecule has 0 aliphatic rings. The van der Waals surface area contributed by atoms with Crippen LogP contribution >= 0.6 is 0 Å². The summed E-state index contributed by atoms with van der Waals surface area (Å²) in [4.78, 5) is 0. The Kier molecular flexibility index (Phi) is 14.7. The highest BCUT2D eigenvalue weighted by molar-refractivity contribution is 6.21. The topological polar surface area (TPSA) is 44.4 Å². The molecule has 0 saturated heterocycles. The van der Waals surface area contributed by atoms with Crippen LogP contribution in [-0.2, 0) is 21.1 Å². The Labute approximate surface area is 688 Å². The molecule has 0 spiro atoms. The number of hydrogen-bond acceptors (Lipinski definition) is 0. The van der Waals surface area contributed by atoms with Gasteiger partial charge in [0, 0.05) is 141 Å². The fourth-order valence-electron chi connectivity index (χ4n) is 20.8. The molecule has 0 aliphatic carbocycles. The Balaban J connectivity index is 0.0000000997. The minimum Gasteiger partial charge on any atom is -0.344 e. The third kappa shape index (κ3) is 9.65. The molecule has 27 rings (SSSR count). The van der Waals surface area contributed by atoms with Crippen molar-refractivity contribution in [2.75, 3.05) is 0 Å². The quantitative estimate of drug-likeness (QED) is 0.159. The third-order valence-electron chi connectivity index (χ3n) is 25.9. The summed E-state index contributed by atoms with van der Waals surface area (Å²) < 4.78 is 21.6. The van der Waals surface area contributed by atoms with Gasteiger partial charge in [-0.2, -0.15) is 0 Å². The minimum atomic E-state index is 1.18. The first-order valence-corrected chi connectivity index (χ1v) is 41.3. The molecule has 564 valence electrons. The molecule has 18 aromatic carbocycles. The second-order valence-electron chi connectivity index (χ2n) is 32.0. The van der Waals surface area contributed by atoms with E-state index >= 15 is 0 Å². The summed E-state index contributed by atoms with van der Waals surface area (Å²) in [5.74, 6) is 0. The minimum absolute atomic E-state index is 1.18. The SMILES string of the molecule is Cn1c2cc(-n3c4ccccc4c4ccccc43)ccc2c2c(-n3c4ccccc4c4ccccc43)cccc21.Cn1c2cc(-n3c4ccccc4c4ccccc43)ccc2c2cccc(-n3c4ccccc4c4ccccc43)c21.Cn1c2ccccc2c2c(-n3c4ccccc4c4cc(-n5c6ccccc6c6ccccc65)ccc43)cccc21. The summed E-state index contributed by atoms with van der Waals surface area (Å²) in [5, 5.41) is 23.0. The number of aromatic nitrogens is 9. The van der Waals surface area contributed by atoms with E-state index in [1.807, 2.05) is 0 Å². The van der Waals surface area contributed by atoms with Crippen molar-refractivity contribution in [2.24, 2.45) is 21.1 Å². The second-order valence-corrected chi connectivity index (χ2v) is 32.0. The van der Waals surface area contributed by atoms with Crippen molar-refractivity contribution in [3.8, 4) is 34.1 Å². The van der Waals surface area contributed by atoms with Gasteiger partial charge in [0.1, 0.15) is 0 Å². The average Bonchev–Trinajstić information content (AvgIpc) is 1.56. The highest BCUT2D eigenvalue weighted by Gasteiger charge is 2.25. The van der Waals surface area contributed by atoms with Crippen LogP contribution < -0.4 is 0 Å².